The molecule has 2 N–H and O–H groups in total. The number of nitrogens with one attached hydrogen (secondary N) is 2. The average Bonchev–Trinajstić information content (AvgIpc) is 2.62. The number of guanidine groups is 1. The molecule has 2 amide bonds. The van der Waals surface area contributed by atoms with Gasteiger partial charge in [0.05, 0.1) is 19.1 Å². The quantitative estimate of drug-likeness (QED) is 0.889. The van der Waals surface area contributed by atoms with Crippen LogP contribution in [0, 0.1) is 6.92 Å². The molecular weight excluding hydrogens is 330 g/mol. The molecule has 134 valence electrons. The van der Waals surface area contributed by atoms with Crippen LogP contribution in [-0.4, -0.2) is 24.4 Å². The maximum absolute atomic E-state index is 12.4. The van der Waals surface area contributed by atoms with Gasteiger partial charge in [-0.25, -0.2) is 4.99 Å². The van der Waals surface area contributed by atoms with E-state index < -0.39 is 0 Å². The molecule has 0 spiro atoms. The Morgan fingerprint density at radius 3 is 2.65 bits per heavy atom. The summed E-state index contributed by atoms with van der Waals surface area (Å²) in [6.07, 6.45) is 0.234. The summed E-state index contributed by atoms with van der Waals surface area (Å²) in [5.41, 5.74) is 2.30. The first kappa shape index (κ1) is 17.7. The van der Waals surface area contributed by atoms with Gasteiger partial charge in [-0.3, -0.25) is 20.2 Å². The monoisotopic (exact) mass is 351 g/mol. The molecule has 0 fully saturated rings. The van der Waals surface area contributed by atoms with Crippen molar-refractivity contribution in [3.05, 3.63) is 65.2 Å². The molecule has 0 bridgehead atoms. The topological polar surface area (TPSA) is 79.8 Å². The summed E-state index contributed by atoms with van der Waals surface area (Å²) in [7, 11) is 0. The number of aryl methyl sites for hydroxylation is 1. The Labute approximate surface area is 152 Å². The Hall–Kier alpha value is -3.15. The largest absolute Gasteiger partial charge is 0.494 e. The number of rotatable bonds is 4. The van der Waals surface area contributed by atoms with Gasteiger partial charge in [0, 0.05) is 5.56 Å². The Balaban J connectivity index is 1.78. The van der Waals surface area contributed by atoms with Gasteiger partial charge in [-0.05, 0) is 43.2 Å². The van der Waals surface area contributed by atoms with Gasteiger partial charge in [0.2, 0.25) is 11.9 Å². The highest BCUT2D eigenvalue weighted by Crippen LogP contribution is 2.25. The number of benzene rings is 2. The van der Waals surface area contributed by atoms with E-state index in [2.05, 4.69) is 15.6 Å². The van der Waals surface area contributed by atoms with Gasteiger partial charge in [0.25, 0.3) is 5.91 Å². The van der Waals surface area contributed by atoms with Crippen LogP contribution < -0.4 is 15.4 Å². The van der Waals surface area contributed by atoms with E-state index in [1.807, 2.05) is 50.2 Å². The van der Waals surface area contributed by atoms with E-state index in [0.29, 0.717) is 12.2 Å². The van der Waals surface area contributed by atoms with E-state index in [0.717, 1.165) is 16.9 Å². The van der Waals surface area contributed by atoms with E-state index in [1.54, 1.807) is 12.1 Å². The molecule has 26 heavy (non-hydrogen) atoms. The molecule has 0 radical (unpaired) electrons. The SMILES string of the molecule is CCOc1ccc([C@H]2CC(=O)NC(NC(=O)c3ccccc3C)=N2)cc1. The molecule has 1 aliphatic rings. The molecule has 1 heterocycles. The normalized spacial score (nSPS) is 16.5. The minimum atomic E-state index is -0.341. The van der Waals surface area contributed by atoms with Crippen molar-refractivity contribution in [1.29, 1.82) is 0 Å². The van der Waals surface area contributed by atoms with Crippen LogP contribution in [0.4, 0.5) is 0 Å². The molecule has 0 unspecified atom stereocenters. The van der Waals surface area contributed by atoms with Gasteiger partial charge in [-0.15, -0.1) is 0 Å². The lowest BCUT2D eigenvalue weighted by molar-refractivity contribution is -0.120. The fourth-order valence-corrected chi connectivity index (χ4v) is 2.80. The number of amides is 2. The number of hydrogen-bond donors (Lipinski definition) is 2. The molecule has 6 heteroatoms. The van der Waals surface area contributed by atoms with Crippen molar-refractivity contribution in [3.8, 4) is 5.75 Å². The van der Waals surface area contributed by atoms with Crippen molar-refractivity contribution in [2.45, 2.75) is 26.3 Å². The second-order valence-corrected chi connectivity index (χ2v) is 6.02. The van der Waals surface area contributed by atoms with Crippen LogP contribution in [0.15, 0.2) is 53.5 Å². The molecule has 6 nitrogen and oxygen atoms in total. The van der Waals surface area contributed by atoms with Gasteiger partial charge >= 0.3 is 0 Å². The minimum absolute atomic E-state index is 0.174. The van der Waals surface area contributed by atoms with Crippen molar-refractivity contribution in [2.24, 2.45) is 4.99 Å². The lowest BCUT2D eigenvalue weighted by Gasteiger charge is -2.21. The van der Waals surface area contributed by atoms with Crippen LogP contribution in [0.3, 0.4) is 0 Å². The predicted molar refractivity (Wildman–Crippen MR) is 99.2 cm³/mol. The maximum atomic E-state index is 12.4. The van der Waals surface area contributed by atoms with Crippen LogP contribution in [0.1, 0.15) is 40.9 Å². The summed E-state index contributed by atoms with van der Waals surface area (Å²) in [4.78, 5) is 29.0. The summed E-state index contributed by atoms with van der Waals surface area (Å²) in [6, 6.07) is 14.4. The van der Waals surface area contributed by atoms with Crippen molar-refractivity contribution in [1.82, 2.24) is 10.6 Å². The number of aliphatic imine (C=N–C) groups is 1. The highest BCUT2D eigenvalue weighted by Gasteiger charge is 2.24. The van der Waals surface area contributed by atoms with Crippen LogP contribution >= 0.6 is 0 Å². The van der Waals surface area contributed by atoms with Crippen LogP contribution in [0.2, 0.25) is 0 Å². The Morgan fingerprint density at radius 2 is 1.96 bits per heavy atom. The zero-order valence-electron chi connectivity index (χ0n) is 14.8. The Morgan fingerprint density at radius 1 is 1.23 bits per heavy atom. The van der Waals surface area contributed by atoms with Crippen LogP contribution in [0.5, 0.6) is 5.75 Å². The smallest absolute Gasteiger partial charge is 0.258 e. The fraction of sp³-hybridized carbons (Fsp3) is 0.250. The third-order valence-corrected chi connectivity index (χ3v) is 4.12. The molecule has 0 saturated heterocycles. The first-order valence-corrected chi connectivity index (χ1v) is 8.54. The molecule has 3 rings (SSSR count). The highest BCUT2D eigenvalue weighted by atomic mass is 16.5. The van der Waals surface area contributed by atoms with Crippen molar-refractivity contribution in [3.63, 3.8) is 0 Å². The summed E-state index contributed by atoms with van der Waals surface area (Å²) < 4.78 is 5.43. The van der Waals surface area contributed by atoms with Gasteiger partial charge in [0.15, 0.2) is 0 Å². The second-order valence-electron chi connectivity index (χ2n) is 6.02. The number of carbonyl (C=O) groups is 2. The number of carbonyl (C=O) groups excluding carboxylic acids is 2. The predicted octanol–water partition coefficient (Wildman–Crippen LogP) is 2.74. The van der Waals surface area contributed by atoms with Gasteiger partial charge in [0.1, 0.15) is 5.75 Å². The highest BCUT2D eigenvalue weighted by molar-refractivity contribution is 6.11. The summed E-state index contributed by atoms with van der Waals surface area (Å²) in [5.74, 6) is 0.468. The van der Waals surface area contributed by atoms with E-state index >= 15 is 0 Å². The standard InChI is InChI=1S/C20H21N3O3/c1-3-26-15-10-8-14(9-11-15)17-12-18(24)22-20(21-17)23-19(25)16-7-5-4-6-13(16)2/h4-11,17H,3,12H2,1-2H3,(H2,21,22,23,24,25)/t17-/m1/s1. The molecule has 1 atom stereocenters. The van der Waals surface area contributed by atoms with Gasteiger partial charge < -0.3 is 4.74 Å². The lowest BCUT2D eigenvalue weighted by atomic mass is 10.0. The fourth-order valence-electron chi connectivity index (χ4n) is 2.80. The second kappa shape index (κ2) is 7.82. The maximum Gasteiger partial charge on any atom is 0.258 e. The molecule has 2 aromatic carbocycles. The van der Waals surface area contributed by atoms with E-state index in [1.165, 1.54) is 0 Å². The summed E-state index contributed by atoms with van der Waals surface area (Å²) in [6.45, 7) is 4.38. The van der Waals surface area contributed by atoms with Gasteiger partial charge in [-0.2, -0.15) is 0 Å². The number of nitrogens with zero attached hydrogens (tertiary/aromatic N) is 1. The third-order valence-electron chi connectivity index (χ3n) is 4.12. The molecule has 0 aromatic heterocycles. The zero-order valence-corrected chi connectivity index (χ0v) is 14.8. The Bertz CT molecular complexity index is 844. The summed E-state index contributed by atoms with van der Waals surface area (Å²) in [5, 5.41) is 5.31. The number of hydrogen-bond acceptors (Lipinski definition) is 4. The molecule has 1 aliphatic heterocycles. The molecular formula is C20H21N3O3. The lowest BCUT2D eigenvalue weighted by Crippen LogP contribution is -2.47. The Kier molecular flexibility index (Phi) is 5.31. The third kappa shape index (κ3) is 4.08. The van der Waals surface area contributed by atoms with E-state index in [-0.39, 0.29) is 30.2 Å². The van der Waals surface area contributed by atoms with E-state index in [4.69, 9.17) is 4.74 Å². The molecule has 0 aliphatic carbocycles. The van der Waals surface area contributed by atoms with Crippen LogP contribution in [-0.2, 0) is 4.79 Å². The van der Waals surface area contributed by atoms with Crippen molar-refractivity contribution < 1.29 is 14.3 Å². The minimum Gasteiger partial charge on any atom is -0.494 e. The van der Waals surface area contributed by atoms with Crippen molar-refractivity contribution >= 4 is 17.8 Å². The number of ether oxygens (including phenoxy) is 1. The first-order chi connectivity index (χ1) is 12.6. The van der Waals surface area contributed by atoms with Gasteiger partial charge in [-0.1, -0.05) is 30.3 Å². The summed E-state index contributed by atoms with van der Waals surface area (Å²) >= 11 is 0. The van der Waals surface area contributed by atoms with Crippen LogP contribution in [0.25, 0.3) is 0 Å². The average molecular weight is 351 g/mol. The van der Waals surface area contributed by atoms with Crippen molar-refractivity contribution in [2.75, 3.05) is 6.61 Å². The zero-order chi connectivity index (χ0) is 18.5. The van der Waals surface area contributed by atoms with E-state index in [9.17, 15) is 9.59 Å². The molecule has 2 aromatic rings. The molecule has 0 saturated carbocycles. The first-order valence-electron chi connectivity index (χ1n) is 8.54.